The first-order valence-electron chi connectivity index (χ1n) is 7.92. The Labute approximate surface area is 139 Å². The molecule has 0 spiro atoms. The number of aliphatic hydroxyl groups excluding tert-OH is 1. The third-order valence-corrected chi connectivity index (χ3v) is 4.05. The van der Waals surface area contributed by atoms with Gasteiger partial charge in [-0.3, -0.25) is 0 Å². The van der Waals surface area contributed by atoms with Crippen LogP contribution in [0.4, 0.5) is 4.79 Å². The molecule has 8 nitrogen and oxygen atoms in total. The average molecular weight is 331 g/mol. The fourth-order valence-corrected chi connectivity index (χ4v) is 2.70. The number of carbonyl (C=O) groups excluding carboxylic acids is 1. The number of nitrogens with zero attached hydrogens (tertiary/aromatic N) is 3. The van der Waals surface area contributed by atoms with Crippen LogP contribution < -0.4 is 15.4 Å². The van der Waals surface area contributed by atoms with E-state index in [1.807, 2.05) is 4.57 Å². The molecule has 1 aliphatic heterocycles. The van der Waals surface area contributed by atoms with Crippen LogP contribution in [0.3, 0.4) is 0 Å². The van der Waals surface area contributed by atoms with Crippen molar-refractivity contribution in [3.63, 3.8) is 0 Å². The van der Waals surface area contributed by atoms with Gasteiger partial charge in [-0.2, -0.15) is 0 Å². The summed E-state index contributed by atoms with van der Waals surface area (Å²) in [6.07, 6.45) is 1.23. The Hall–Kier alpha value is -2.61. The Balaban J connectivity index is 1.44. The zero-order valence-corrected chi connectivity index (χ0v) is 13.5. The maximum atomic E-state index is 11.9. The first-order chi connectivity index (χ1) is 11.7. The van der Waals surface area contributed by atoms with Crippen LogP contribution in [-0.2, 0) is 19.5 Å². The largest absolute Gasteiger partial charge is 0.497 e. The van der Waals surface area contributed by atoms with E-state index in [-0.39, 0.29) is 12.6 Å². The summed E-state index contributed by atoms with van der Waals surface area (Å²) in [5, 5.41) is 23.7. The van der Waals surface area contributed by atoms with Crippen molar-refractivity contribution in [2.75, 3.05) is 13.7 Å². The van der Waals surface area contributed by atoms with Crippen molar-refractivity contribution in [2.45, 2.75) is 32.0 Å². The second kappa shape index (κ2) is 7.31. The zero-order chi connectivity index (χ0) is 16.9. The molecule has 0 aliphatic carbocycles. The number of urea groups is 1. The number of aromatic nitrogens is 3. The van der Waals surface area contributed by atoms with E-state index >= 15 is 0 Å². The number of hydrogen-bond acceptors (Lipinski definition) is 5. The lowest BCUT2D eigenvalue weighted by Gasteiger charge is -2.13. The molecule has 3 N–H and O–H groups in total. The van der Waals surface area contributed by atoms with Gasteiger partial charge >= 0.3 is 6.03 Å². The third kappa shape index (κ3) is 3.65. The van der Waals surface area contributed by atoms with Gasteiger partial charge in [0.05, 0.1) is 19.8 Å². The van der Waals surface area contributed by atoms with Crippen LogP contribution in [0.5, 0.6) is 5.75 Å². The van der Waals surface area contributed by atoms with Crippen LogP contribution in [0.2, 0.25) is 0 Å². The van der Waals surface area contributed by atoms with Crippen molar-refractivity contribution in [1.82, 2.24) is 25.4 Å². The second-order valence-corrected chi connectivity index (χ2v) is 5.64. The molecule has 3 rings (SSSR count). The lowest BCUT2D eigenvalue weighted by atomic mass is 10.1. The van der Waals surface area contributed by atoms with E-state index in [9.17, 15) is 9.90 Å². The molecule has 0 fully saturated rings. The lowest BCUT2D eigenvalue weighted by molar-refractivity contribution is 0.173. The lowest BCUT2D eigenvalue weighted by Crippen LogP contribution is -2.37. The molecule has 1 aromatic heterocycles. The van der Waals surface area contributed by atoms with E-state index in [0.717, 1.165) is 36.8 Å². The van der Waals surface area contributed by atoms with E-state index in [1.165, 1.54) is 0 Å². The van der Waals surface area contributed by atoms with Gasteiger partial charge in [-0.05, 0) is 24.1 Å². The highest BCUT2D eigenvalue weighted by Crippen LogP contribution is 2.17. The SMILES string of the molecule is COc1ccc([C@@H](O)CNC(=O)NCc2nnc3n2CCC3)cc1. The zero-order valence-electron chi connectivity index (χ0n) is 13.5. The van der Waals surface area contributed by atoms with Gasteiger partial charge in [-0.1, -0.05) is 12.1 Å². The van der Waals surface area contributed by atoms with Crippen LogP contribution >= 0.6 is 0 Å². The van der Waals surface area contributed by atoms with Crippen LogP contribution in [0.1, 0.15) is 29.7 Å². The summed E-state index contributed by atoms with van der Waals surface area (Å²) in [6, 6.07) is 6.72. The Bertz CT molecular complexity index is 698. The number of carbonyl (C=O) groups is 1. The number of fused-ring (bicyclic) bond motifs is 1. The Morgan fingerprint density at radius 1 is 1.33 bits per heavy atom. The first-order valence-corrected chi connectivity index (χ1v) is 7.92. The summed E-state index contributed by atoms with van der Waals surface area (Å²) < 4.78 is 7.11. The number of aryl methyl sites for hydroxylation is 1. The fourth-order valence-electron chi connectivity index (χ4n) is 2.70. The molecule has 0 bridgehead atoms. The van der Waals surface area contributed by atoms with Crippen LogP contribution in [0.15, 0.2) is 24.3 Å². The Morgan fingerprint density at radius 3 is 2.88 bits per heavy atom. The van der Waals surface area contributed by atoms with Crippen LogP contribution in [0.25, 0.3) is 0 Å². The maximum absolute atomic E-state index is 11.9. The van der Waals surface area contributed by atoms with Crippen molar-refractivity contribution < 1.29 is 14.6 Å². The molecular weight excluding hydrogens is 310 g/mol. The topological polar surface area (TPSA) is 101 Å². The van der Waals surface area contributed by atoms with Gasteiger partial charge in [-0.15, -0.1) is 10.2 Å². The molecule has 1 atom stereocenters. The molecule has 8 heteroatoms. The number of amides is 2. The standard InChI is InChI=1S/C16H21N5O3/c1-24-12-6-4-11(5-7-12)13(22)9-17-16(23)18-10-15-20-19-14-3-2-8-21(14)15/h4-7,13,22H,2-3,8-10H2,1H3,(H2,17,18,23)/t13-/m0/s1. The van der Waals surface area contributed by atoms with Gasteiger partial charge in [0, 0.05) is 19.5 Å². The quantitative estimate of drug-likeness (QED) is 0.726. The van der Waals surface area contributed by atoms with Gasteiger partial charge in [0.2, 0.25) is 0 Å². The van der Waals surface area contributed by atoms with Crippen molar-refractivity contribution in [3.05, 3.63) is 41.5 Å². The number of benzene rings is 1. The molecule has 1 aromatic carbocycles. The number of nitrogens with one attached hydrogen (secondary N) is 2. The van der Waals surface area contributed by atoms with E-state index in [2.05, 4.69) is 20.8 Å². The summed E-state index contributed by atoms with van der Waals surface area (Å²) in [6.45, 7) is 1.34. The molecule has 24 heavy (non-hydrogen) atoms. The summed E-state index contributed by atoms with van der Waals surface area (Å²) in [7, 11) is 1.59. The second-order valence-electron chi connectivity index (χ2n) is 5.64. The molecule has 0 unspecified atom stereocenters. The Kier molecular flexibility index (Phi) is 4.95. The average Bonchev–Trinajstić information content (AvgIpc) is 3.22. The molecular formula is C16H21N5O3. The van der Waals surface area contributed by atoms with E-state index < -0.39 is 6.10 Å². The van der Waals surface area contributed by atoms with E-state index in [4.69, 9.17) is 4.74 Å². The predicted octanol–water partition coefficient (Wildman–Crippen LogP) is 0.766. The minimum absolute atomic E-state index is 0.121. The van der Waals surface area contributed by atoms with Crippen LogP contribution in [0, 0.1) is 0 Å². The summed E-state index contributed by atoms with van der Waals surface area (Å²) in [4.78, 5) is 11.9. The summed E-state index contributed by atoms with van der Waals surface area (Å²) in [5.74, 6) is 2.45. The van der Waals surface area contributed by atoms with Gasteiger partial charge in [0.25, 0.3) is 0 Å². The molecule has 0 saturated carbocycles. The van der Waals surface area contributed by atoms with Gasteiger partial charge < -0.3 is 25.0 Å². The van der Waals surface area contributed by atoms with Gasteiger partial charge in [0.15, 0.2) is 5.82 Å². The maximum Gasteiger partial charge on any atom is 0.315 e. The number of rotatable bonds is 6. The number of hydrogen-bond donors (Lipinski definition) is 3. The highest BCUT2D eigenvalue weighted by Gasteiger charge is 2.17. The third-order valence-electron chi connectivity index (χ3n) is 4.05. The highest BCUT2D eigenvalue weighted by molar-refractivity contribution is 5.73. The smallest absolute Gasteiger partial charge is 0.315 e. The molecule has 0 saturated heterocycles. The first kappa shape index (κ1) is 16.3. The fraction of sp³-hybridized carbons (Fsp3) is 0.438. The van der Waals surface area contributed by atoms with Gasteiger partial charge in [0.1, 0.15) is 11.6 Å². The number of aliphatic hydroxyl groups is 1. The molecule has 2 aromatic rings. The van der Waals surface area contributed by atoms with Crippen molar-refractivity contribution in [1.29, 1.82) is 0 Å². The van der Waals surface area contributed by atoms with Gasteiger partial charge in [-0.25, -0.2) is 4.79 Å². The molecule has 0 radical (unpaired) electrons. The molecule has 2 heterocycles. The normalized spacial score (nSPS) is 14.1. The minimum atomic E-state index is -0.779. The predicted molar refractivity (Wildman–Crippen MR) is 86.5 cm³/mol. The monoisotopic (exact) mass is 331 g/mol. The van der Waals surface area contributed by atoms with Crippen LogP contribution in [-0.4, -0.2) is 39.6 Å². The van der Waals surface area contributed by atoms with Crippen molar-refractivity contribution >= 4 is 6.03 Å². The summed E-state index contributed by atoms with van der Waals surface area (Å²) in [5.41, 5.74) is 0.714. The highest BCUT2D eigenvalue weighted by atomic mass is 16.5. The molecule has 128 valence electrons. The number of ether oxygens (including phenoxy) is 1. The minimum Gasteiger partial charge on any atom is -0.497 e. The van der Waals surface area contributed by atoms with Crippen molar-refractivity contribution in [2.24, 2.45) is 0 Å². The molecule has 2 amide bonds. The van der Waals surface area contributed by atoms with E-state index in [0.29, 0.717) is 12.1 Å². The van der Waals surface area contributed by atoms with Crippen molar-refractivity contribution in [3.8, 4) is 5.75 Å². The summed E-state index contributed by atoms with van der Waals surface area (Å²) >= 11 is 0. The van der Waals surface area contributed by atoms with E-state index in [1.54, 1.807) is 31.4 Å². The molecule has 1 aliphatic rings. The number of methoxy groups -OCH3 is 1. The Morgan fingerprint density at radius 2 is 2.12 bits per heavy atom.